The van der Waals surface area contributed by atoms with Gasteiger partial charge in [-0.3, -0.25) is 0 Å². The van der Waals surface area contributed by atoms with E-state index in [0.29, 0.717) is 30.0 Å². The number of hydrogen-bond donors (Lipinski definition) is 1. The van der Waals surface area contributed by atoms with Crippen molar-refractivity contribution >= 4 is 26.8 Å². The summed E-state index contributed by atoms with van der Waals surface area (Å²) in [5, 5.41) is 11.6. The van der Waals surface area contributed by atoms with Crippen molar-refractivity contribution in [3.8, 4) is 0 Å². The third kappa shape index (κ3) is 3.20. The first-order valence-corrected chi connectivity index (χ1v) is 15.5. The van der Waals surface area contributed by atoms with E-state index in [4.69, 9.17) is 0 Å². The summed E-state index contributed by atoms with van der Waals surface area (Å²) in [7, 11) is 5.27. The first kappa shape index (κ1) is 22.4. The van der Waals surface area contributed by atoms with E-state index in [9.17, 15) is 9.90 Å². The van der Waals surface area contributed by atoms with Crippen LogP contribution in [0, 0.1) is 17.3 Å². The van der Waals surface area contributed by atoms with Crippen molar-refractivity contribution in [2.75, 3.05) is 25.7 Å². The number of rotatable bonds is 3. The Balaban J connectivity index is 1.66. The van der Waals surface area contributed by atoms with Gasteiger partial charge in [-0.2, -0.15) is 0 Å². The fraction of sp³-hybridized carbons (Fsp3) is 0.593. The predicted octanol–water partition coefficient (Wildman–Crippen LogP) is 4.47. The molecule has 0 amide bonds. The van der Waals surface area contributed by atoms with Crippen molar-refractivity contribution < 1.29 is 9.90 Å². The Hall–Kier alpha value is -1.38. The molecule has 5 rings (SSSR count). The van der Waals surface area contributed by atoms with Crippen LogP contribution < -0.4 is 4.90 Å². The van der Waals surface area contributed by atoms with Crippen molar-refractivity contribution in [1.82, 2.24) is 0 Å². The van der Waals surface area contributed by atoms with Crippen molar-refractivity contribution in [2.24, 2.45) is 17.3 Å². The number of carbonyl (C=O) groups excluding carboxylic acids is 1. The fourth-order valence-corrected chi connectivity index (χ4v) is 10.3. The molecule has 4 aliphatic rings. The number of nitrogens with zero attached hydrogens (tertiary/aromatic N) is 1. The topological polar surface area (TPSA) is 40.5 Å². The van der Waals surface area contributed by atoms with Crippen LogP contribution in [0.25, 0.3) is 0 Å². The molecule has 2 fully saturated rings. The zero-order chi connectivity index (χ0) is 22.8. The number of allylic oxidation sites excluding steroid dienone is 4. The van der Waals surface area contributed by atoms with Gasteiger partial charge in [0.1, 0.15) is 0 Å². The normalized spacial score (nSPS) is 36.8. The van der Waals surface area contributed by atoms with Gasteiger partial charge >= 0.3 is 195 Å². The Kier molecular flexibility index (Phi) is 5.50. The molecular weight excluding hydrogens is 412 g/mol. The van der Waals surface area contributed by atoms with Crippen LogP contribution in [0.4, 0.5) is 5.69 Å². The second kappa shape index (κ2) is 7.85. The van der Waals surface area contributed by atoms with Crippen LogP contribution in [0.3, 0.4) is 0 Å². The van der Waals surface area contributed by atoms with E-state index in [1.165, 1.54) is 22.4 Å². The van der Waals surface area contributed by atoms with E-state index < -0.39 is 13.1 Å². The molecule has 0 radical (unpaired) electrons. The van der Waals surface area contributed by atoms with Gasteiger partial charge in [-0.25, -0.2) is 0 Å². The number of hydrogen-bond acceptors (Lipinski definition) is 3. The Bertz CT molecular complexity index is 997. The third-order valence-corrected chi connectivity index (χ3v) is 12.6. The van der Waals surface area contributed by atoms with Gasteiger partial charge < -0.3 is 0 Å². The van der Waals surface area contributed by atoms with Gasteiger partial charge in [0, 0.05) is 0 Å². The Morgan fingerprint density at radius 3 is 2.50 bits per heavy atom. The second-order valence-electron chi connectivity index (χ2n) is 11.6. The first-order valence-electron chi connectivity index (χ1n) is 12.6. The Morgan fingerprint density at radius 2 is 1.84 bits per heavy atom. The molecule has 0 unspecified atom stereocenters. The summed E-state index contributed by atoms with van der Waals surface area (Å²) in [6, 6.07) is 9.13. The van der Waals surface area contributed by atoms with Gasteiger partial charge in [0.2, 0.25) is 0 Å². The molecule has 5 heteroatoms. The quantitative estimate of drug-likeness (QED) is 0.545. The minimum absolute atomic E-state index is 0.0152. The molecule has 0 spiro atoms. The molecule has 3 nitrogen and oxygen atoms in total. The van der Waals surface area contributed by atoms with Crippen LogP contribution in [0.5, 0.6) is 0 Å². The van der Waals surface area contributed by atoms with Gasteiger partial charge in [-0.05, 0) is 0 Å². The Labute approximate surface area is 195 Å². The molecule has 0 aliphatic heterocycles. The molecule has 172 valence electrons. The molecule has 0 aromatic heterocycles. The summed E-state index contributed by atoms with van der Waals surface area (Å²) in [6.45, 7) is 4.77. The van der Waals surface area contributed by atoms with Crippen molar-refractivity contribution in [3.05, 3.63) is 52.6 Å². The van der Waals surface area contributed by atoms with Crippen LogP contribution in [0.2, 0.25) is 0 Å². The molecule has 5 atom stereocenters. The van der Waals surface area contributed by atoms with E-state index in [-0.39, 0.29) is 5.41 Å². The number of ketones is 1. The van der Waals surface area contributed by atoms with Crippen molar-refractivity contribution in [2.45, 2.75) is 63.1 Å². The second-order valence-corrected chi connectivity index (χ2v) is 14.9. The van der Waals surface area contributed by atoms with Crippen LogP contribution in [-0.2, 0) is 4.79 Å². The summed E-state index contributed by atoms with van der Waals surface area (Å²) in [5.41, 5.74) is 7.05. The van der Waals surface area contributed by atoms with Crippen molar-refractivity contribution in [3.63, 3.8) is 0 Å². The third-order valence-electron chi connectivity index (χ3n) is 9.72. The minimum atomic E-state index is -1.25. The van der Waals surface area contributed by atoms with Gasteiger partial charge in [-0.1, -0.05) is 0 Å². The fourth-order valence-electron chi connectivity index (χ4n) is 7.95. The van der Waals surface area contributed by atoms with Crippen LogP contribution >= 0.6 is 7.80 Å². The number of benzene rings is 1. The van der Waals surface area contributed by atoms with Gasteiger partial charge in [0.15, 0.2) is 0 Å². The first-order chi connectivity index (χ1) is 15.2. The molecule has 0 bridgehead atoms. The van der Waals surface area contributed by atoms with E-state index >= 15 is 0 Å². The SMILES string of the molecule is B[PH2](C)[C@]1(O)CC[C@H]2[C@@H]3CCC4=CC(=O)CCC4=C3[C@@H](c3ccc(N(C)C)cc3)C[C@@]21C. The summed E-state index contributed by atoms with van der Waals surface area (Å²) < 4.78 is 0. The number of aliphatic hydroxyl groups is 1. The maximum absolute atomic E-state index is 12.2. The Morgan fingerprint density at radius 1 is 1.12 bits per heavy atom. The average Bonchev–Trinajstić information content (AvgIpc) is 3.04. The molecule has 1 aromatic rings. The summed E-state index contributed by atoms with van der Waals surface area (Å²) in [4.78, 5) is 14.3. The molecule has 32 heavy (non-hydrogen) atoms. The summed E-state index contributed by atoms with van der Waals surface area (Å²) in [6.07, 6.45) is 8.87. The zero-order valence-electron chi connectivity index (χ0n) is 20.4. The van der Waals surface area contributed by atoms with E-state index in [0.717, 1.165) is 38.5 Å². The molecule has 1 aromatic carbocycles. The van der Waals surface area contributed by atoms with E-state index in [2.05, 4.69) is 64.4 Å². The standard InChI is InChI=1S/C27H39BNO2P/c1-26-16-23(17-5-8-19(9-6-17)29(2)3)25-21-12-10-20(30)15-18(21)7-11-22(25)24(26)13-14-27(26,31)32(4)28/h5-6,8-9,15,22-24,31H,7,10-14,16,28,32H2,1-4H3/t22-,23+,24-,26-,27+/m0/s1. The van der Waals surface area contributed by atoms with E-state index in [1.807, 2.05) is 6.08 Å². The van der Waals surface area contributed by atoms with Gasteiger partial charge in [0.05, 0.1) is 0 Å². The summed E-state index contributed by atoms with van der Waals surface area (Å²) in [5.74, 6) is 1.77. The molecule has 0 heterocycles. The summed E-state index contributed by atoms with van der Waals surface area (Å²) >= 11 is 0. The van der Waals surface area contributed by atoms with Crippen LogP contribution in [0.15, 0.2) is 47.1 Å². The predicted molar refractivity (Wildman–Crippen MR) is 140 cm³/mol. The molecule has 0 saturated heterocycles. The molecule has 2 saturated carbocycles. The van der Waals surface area contributed by atoms with Gasteiger partial charge in [0.25, 0.3) is 0 Å². The van der Waals surface area contributed by atoms with E-state index in [1.54, 1.807) is 5.57 Å². The average molecular weight is 451 g/mol. The van der Waals surface area contributed by atoms with Crippen molar-refractivity contribution in [1.29, 1.82) is 0 Å². The zero-order valence-corrected chi connectivity index (χ0v) is 21.6. The number of carbonyl (C=O) groups is 1. The van der Waals surface area contributed by atoms with Gasteiger partial charge in [-0.15, -0.1) is 0 Å². The molecule has 4 aliphatic carbocycles. The van der Waals surface area contributed by atoms with Crippen LogP contribution in [0.1, 0.15) is 63.4 Å². The number of fused-ring (bicyclic) bond motifs is 4. The molecule has 1 N–H and O–H groups in total. The monoisotopic (exact) mass is 451 g/mol. The van der Waals surface area contributed by atoms with Crippen LogP contribution in [-0.4, -0.2) is 44.6 Å². The number of anilines is 1. The molecular formula is C27H39BNO2P. The maximum atomic E-state index is 12.2.